The molecule has 0 saturated heterocycles. The lowest BCUT2D eigenvalue weighted by atomic mass is 9.28. The van der Waals surface area contributed by atoms with Crippen LogP contribution in [0.4, 0.5) is 0 Å². The minimum Gasteiger partial charge on any atom is -0.114 e. The molecule has 0 unspecified atom stereocenters. The molecule has 0 aromatic heterocycles. The Bertz CT molecular complexity index is 368. The highest BCUT2D eigenvalue weighted by molar-refractivity contribution is 8.93. The lowest BCUT2D eigenvalue weighted by Gasteiger charge is -2.41. The highest BCUT2D eigenvalue weighted by Gasteiger charge is 2.35. The van der Waals surface area contributed by atoms with Crippen molar-refractivity contribution in [2.75, 3.05) is 6.16 Å². The fraction of sp³-hybridized carbons (Fsp3) is 1.00. The van der Waals surface area contributed by atoms with Gasteiger partial charge in [-0.3, -0.25) is 0 Å². The summed E-state index contributed by atoms with van der Waals surface area (Å²) in [6.07, 6.45) is 22.8. The SMILES string of the molecule is Br.CC(C)(C)P(CCCCCB(C1CCCCC1)C1CCCCC1)C(C)(C)C. The monoisotopic (exact) mass is 472 g/mol. The van der Waals surface area contributed by atoms with E-state index in [-0.39, 0.29) is 24.9 Å². The predicted octanol–water partition coefficient (Wildman–Crippen LogP) is 9.98. The molecule has 2 aliphatic rings. The zero-order chi connectivity index (χ0) is 19.9. The summed E-state index contributed by atoms with van der Waals surface area (Å²) >= 11 is 0. The van der Waals surface area contributed by atoms with Crippen LogP contribution in [0.5, 0.6) is 0 Å². The maximum atomic E-state index is 2.48. The average molecular weight is 473 g/mol. The fourth-order valence-electron chi connectivity index (χ4n) is 6.48. The second-order valence-electron chi connectivity index (χ2n) is 11.8. The molecule has 2 saturated carbocycles. The minimum absolute atomic E-state index is 0. The van der Waals surface area contributed by atoms with Crippen LogP contribution in [-0.4, -0.2) is 23.2 Å². The van der Waals surface area contributed by atoms with Crippen molar-refractivity contribution in [3.8, 4) is 0 Å². The van der Waals surface area contributed by atoms with Gasteiger partial charge in [0.05, 0.1) is 0 Å². The standard InChI is InChI=1S/C25H50BP.BrH/c1-24(2,3)27(25(4,5)6)21-15-9-14-20-26(22-16-10-7-11-17-22)23-18-12-8-13-19-23;/h22-23H,7-21H2,1-6H3;1H. The number of hydrogen-bond donors (Lipinski definition) is 0. The molecule has 0 heterocycles. The van der Waals surface area contributed by atoms with Crippen LogP contribution >= 0.6 is 24.9 Å². The molecule has 0 aliphatic heterocycles. The third-order valence-corrected chi connectivity index (χ3v) is 11.6. The molecule has 0 radical (unpaired) electrons. The lowest BCUT2D eigenvalue weighted by Crippen LogP contribution is -2.30. The van der Waals surface area contributed by atoms with E-state index in [1.807, 2.05) is 0 Å². The summed E-state index contributed by atoms with van der Waals surface area (Å²) in [7, 11) is 0.101. The third kappa shape index (κ3) is 9.00. The number of halogens is 1. The van der Waals surface area contributed by atoms with Gasteiger partial charge in [-0.05, 0) is 22.9 Å². The van der Waals surface area contributed by atoms with Crippen molar-refractivity contribution in [3.63, 3.8) is 0 Å². The summed E-state index contributed by atoms with van der Waals surface area (Å²) < 4.78 is 0. The maximum absolute atomic E-state index is 2.48. The van der Waals surface area contributed by atoms with E-state index < -0.39 is 0 Å². The molecule has 166 valence electrons. The quantitative estimate of drug-likeness (QED) is 0.187. The Morgan fingerprint density at radius 1 is 0.643 bits per heavy atom. The van der Waals surface area contributed by atoms with E-state index in [4.69, 9.17) is 0 Å². The van der Waals surface area contributed by atoms with Crippen molar-refractivity contribution in [2.45, 2.75) is 153 Å². The molecule has 0 bridgehead atoms. The smallest absolute Gasteiger partial charge is 0.114 e. The summed E-state index contributed by atoms with van der Waals surface area (Å²) in [4.78, 5) is 0. The van der Waals surface area contributed by atoms with Gasteiger partial charge < -0.3 is 0 Å². The molecule has 28 heavy (non-hydrogen) atoms. The normalized spacial score (nSPS) is 20.2. The van der Waals surface area contributed by atoms with Crippen molar-refractivity contribution >= 4 is 31.6 Å². The number of unbranched alkanes of at least 4 members (excludes halogenated alkanes) is 2. The molecule has 2 rings (SSSR count). The van der Waals surface area contributed by atoms with Crippen LogP contribution in [0.3, 0.4) is 0 Å². The Morgan fingerprint density at radius 3 is 1.46 bits per heavy atom. The zero-order valence-electron chi connectivity index (χ0n) is 20.2. The molecular formula is C25H51BBrP. The second-order valence-corrected chi connectivity index (χ2v) is 15.8. The van der Waals surface area contributed by atoms with Crippen molar-refractivity contribution in [1.29, 1.82) is 0 Å². The summed E-state index contributed by atoms with van der Waals surface area (Å²) in [6.45, 7) is 16.0. The van der Waals surface area contributed by atoms with E-state index in [2.05, 4.69) is 41.5 Å². The molecule has 0 aromatic rings. The Labute approximate surface area is 190 Å². The van der Waals surface area contributed by atoms with Gasteiger partial charge in [-0.25, -0.2) is 0 Å². The molecule has 0 N–H and O–H groups in total. The van der Waals surface area contributed by atoms with Crippen molar-refractivity contribution in [2.24, 2.45) is 0 Å². The maximum Gasteiger partial charge on any atom is 0.146 e. The van der Waals surface area contributed by atoms with Gasteiger partial charge in [0.2, 0.25) is 0 Å². The van der Waals surface area contributed by atoms with E-state index in [0.29, 0.717) is 10.3 Å². The average Bonchev–Trinajstić information content (AvgIpc) is 2.60. The van der Waals surface area contributed by atoms with Crippen LogP contribution in [0.25, 0.3) is 0 Å². The molecule has 2 aliphatic carbocycles. The minimum atomic E-state index is 0. The number of hydrogen-bond acceptors (Lipinski definition) is 0. The van der Waals surface area contributed by atoms with Crippen LogP contribution in [0.1, 0.15) is 125 Å². The predicted molar refractivity (Wildman–Crippen MR) is 140 cm³/mol. The van der Waals surface area contributed by atoms with Gasteiger partial charge in [0.1, 0.15) is 6.71 Å². The first kappa shape index (κ1) is 27.0. The Hall–Kier alpha value is 0.975. The van der Waals surface area contributed by atoms with Crippen LogP contribution in [-0.2, 0) is 0 Å². The van der Waals surface area contributed by atoms with E-state index >= 15 is 0 Å². The first-order valence-electron chi connectivity index (χ1n) is 12.5. The Kier molecular flexibility index (Phi) is 12.3. The highest BCUT2D eigenvalue weighted by atomic mass is 79.9. The van der Waals surface area contributed by atoms with Gasteiger partial charge in [0, 0.05) is 0 Å². The molecule has 0 atom stereocenters. The van der Waals surface area contributed by atoms with Gasteiger partial charge in [-0.1, -0.05) is 144 Å². The van der Waals surface area contributed by atoms with E-state index in [9.17, 15) is 0 Å². The van der Waals surface area contributed by atoms with Gasteiger partial charge in [0.25, 0.3) is 0 Å². The molecule has 0 spiro atoms. The van der Waals surface area contributed by atoms with E-state index in [0.717, 1.165) is 18.3 Å². The van der Waals surface area contributed by atoms with Gasteiger partial charge in [0.15, 0.2) is 0 Å². The van der Waals surface area contributed by atoms with E-state index in [1.165, 1.54) is 63.9 Å². The van der Waals surface area contributed by atoms with Gasteiger partial charge in [-0.2, -0.15) is 0 Å². The molecule has 0 aromatic carbocycles. The molecule has 2 fully saturated rings. The second kappa shape index (κ2) is 12.7. The Balaban J connectivity index is 0.00000392. The van der Waals surface area contributed by atoms with Gasteiger partial charge >= 0.3 is 0 Å². The Morgan fingerprint density at radius 2 is 1.07 bits per heavy atom. The van der Waals surface area contributed by atoms with E-state index in [1.54, 1.807) is 32.0 Å². The summed E-state index contributed by atoms with van der Waals surface area (Å²) in [5.74, 6) is 2.17. The first-order chi connectivity index (χ1) is 12.7. The van der Waals surface area contributed by atoms with Crippen LogP contribution in [0.2, 0.25) is 18.0 Å². The van der Waals surface area contributed by atoms with Crippen molar-refractivity contribution < 1.29 is 0 Å². The topological polar surface area (TPSA) is 0 Å². The van der Waals surface area contributed by atoms with Crippen LogP contribution in [0, 0.1) is 0 Å². The molecule has 0 amide bonds. The van der Waals surface area contributed by atoms with Crippen molar-refractivity contribution in [3.05, 3.63) is 0 Å². The fourth-order valence-corrected chi connectivity index (χ4v) is 10.4. The zero-order valence-corrected chi connectivity index (χ0v) is 22.8. The van der Waals surface area contributed by atoms with Crippen LogP contribution in [0.15, 0.2) is 0 Å². The first-order valence-corrected chi connectivity index (χ1v) is 14.0. The lowest BCUT2D eigenvalue weighted by molar-refractivity contribution is 0.459. The van der Waals surface area contributed by atoms with Crippen LogP contribution < -0.4 is 0 Å². The summed E-state index contributed by atoms with van der Waals surface area (Å²) in [6, 6.07) is 0. The van der Waals surface area contributed by atoms with Crippen molar-refractivity contribution in [1.82, 2.24) is 0 Å². The number of rotatable bonds is 8. The molecule has 3 heteroatoms. The highest BCUT2D eigenvalue weighted by Crippen LogP contribution is 2.59. The third-order valence-electron chi connectivity index (χ3n) is 7.55. The summed E-state index contributed by atoms with van der Waals surface area (Å²) in [5, 5.41) is 1.00. The molecular weight excluding hydrogens is 422 g/mol. The van der Waals surface area contributed by atoms with Gasteiger partial charge in [-0.15, -0.1) is 17.0 Å². The molecule has 0 nitrogen and oxygen atoms in total. The largest absolute Gasteiger partial charge is 0.146 e. The summed E-state index contributed by atoms with van der Waals surface area (Å²) in [5.41, 5.74) is 0.